The van der Waals surface area contributed by atoms with E-state index in [2.05, 4.69) is 4.74 Å². The maximum atomic E-state index is 13.9. The third-order valence-corrected chi connectivity index (χ3v) is 4.00. The summed E-state index contributed by atoms with van der Waals surface area (Å²) in [7, 11) is 2.59. The Bertz CT molecular complexity index is 722. The summed E-state index contributed by atoms with van der Waals surface area (Å²) < 4.78 is 98.1. The van der Waals surface area contributed by atoms with E-state index in [-0.39, 0.29) is 18.3 Å². The Morgan fingerprint density at radius 3 is 1.41 bits per heavy atom. The van der Waals surface area contributed by atoms with Gasteiger partial charge in [-0.3, -0.25) is 0 Å². The average Bonchev–Trinajstić information content (AvgIpc) is 2.59. The maximum Gasteiger partial charge on any atom is 0.411 e. The zero-order chi connectivity index (χ0) is 20.3. The van der Waals surface area contributed by atoms with Crippen LogP contribution in [0.2, 0.25) is 0 Å². The first-order valence-corrected chi connectivity index (χ1v) is 7.58. The molecule has 2 aromatic rings. The highest BCUT2D eigenvalue weighted by Crippen LogP contribution is 2.56. The van der Waals surface area contributed by atoms with E-state index in [1.165, 1.54) is 14.2 Å². The van der Waals surface area contributed by atoms with Gasteiger partial charge in [-0.15, -0.1) is 0 Å². The van der Waals surface area contributed by atoms with Gasteiger partial charge in [0.25, 0.3) is 0 Å². The average molecular weight is 394 g/mol. The molecule has 0 fully saturated rings. The Morgan fingerprint density at radius 1 is 0.667 bits per heavy atom. The number of halogens is 6. The number of hydrogen-bond donors (Lipinski definition) is 0. The standard InChI is InChI=1S/C18H16F6O3/c1-25-11-27-15-9-5-13(6-10-15)16(17(19,20)21,18(22,23)24)12-3-7-14(26-2)8-4-12/h3-10H,11H2,1-2H3. The fourth-order valence-electron chi connectivity index (χ4n) is 2.75. The van der Waals surface area contributed by atoms with E-state index < -0.39 is 28.9 Å². The van der Waals surface area contributed by atoms with Gasteiger partial charge in [0.1, 0.15) is 11.5 Å². The molecule has 0 bridgehead atoms. The van der Waals surface area contributed by atoms with Gasteiger partial charge in [0, 0.05) is 7.11 Å². The van der Waals surface area contributed by atoms with Gasteiger partial charge in [-0.25, -0.2) is 0 Å². The van der Waals surface area contributed by atoms with Crippen molar-refractivity contribution in [1.29, 1.82) is 0 Å². The second kappa shape index (κ2) is 7.67. The number of hydrogen-bond acceptors (Lipinski definition) is 3. The van der Waals surface area contributed by atoms with Crippen molar-refractivity contribution in [2.45, 2.75) is 17.8 Å². The molecule has 9 heteroatoms. The van der Waals surface area contributed by atoms with Gasteiger partial charge in [0.05, 0.1) is 7.11 Å². The minimum atomic E-state index is -5.64. The number of methoxy groups -OCH3 is 2. The topological polar surface area (TPSA) is 27.7 Å². The fourth-order valence-corrected chi connectivity index (χ4v) is 2.75. The summed E-state index contributed by atoms with van der Waals surface area (Å²) in [6.45, 7) is -0.193. The third kappa shape index (κ3) is 3.83. The van der Waals surface area contributed by atoms with Crippen LogP contribution in [0.15, 0.2) is 48.5 Å². The predicted octanol–water partition coefficient (Wildman–Crippen LogP) is 5.09. The van der Waals surface area contributed by atoms with Crippen molar-refractivity contribution in [1.82, 2.24) is 0 Å². The Hall–Kier alpha value is -2.42. The van der Waals surface area contributed by atoms with Gasteiger partial charge in [-0.2, -0.15) is 26.3 Å². The minimum Gasteiger partial charge on any atom is -0.497 e. The highest BCUT2D eigenvalue weighted by atomic mass is 19.4. The molecule has 148 valence electrons. The van der Waals surface area contributed by atoms with Gasteiger partial charge < -0.3 is 14.2 Å². The SMILES string of the molecule is COCOc1ccc(C(c2ccc(OC)cc2)(C(F)(F)F)C(F)(F)F)cc1. The molecule has 0 aliphatic heterocycles. The molecule has 27 heavy (non-hydrogen) atoms. The van der Waals surface area contributed by atoms with Crippen LogP contribution >= 0.6 is 0 Å². The summed E-state index contributed by atoms with van der Waals surface area (Å²) in [5.41, 5.74) is -6.14. The predicted molar refractivity (Wildman–Crippen MR) is 84.8 cm³/mol. The summed E-state index contributed by atoms with van der Waals surface area (Å²) in [4.78, 5) is 0. The van der Waals surface area contributed by atoms with Crippen molar-refractivity contribution in [3.63, 3.8) is 0 Å². The molecule has 2 aromatic carbocycles. The Balaban J connectivity index is 2.68. The Kier molecular flexibility index (Phi) is 5.94. The highest BCUT2D eigenvalue weighted by molar-refractivity contribution is 5.47. The van der Waals surface area contributed by atoms with Crippen molar-refractivity contribution in [3.8, 4) is 11.5 Å². The van der Waals surface area contributed by atoms with Crippen LogP contribution in [-0.4, -0.2) is 33.4 Å². The smallest absolute Gasteiger partial charge is 0.411 e. The molecule has 0 heterocycles. The first-order valence-electron chi connectivity index (χ1n) is 7.58. The lowest BCUT2D eigenvalue weighted by molar-refractivity contribution is -0.288. The first-order chi connectivity index (χ1) is 12.6. The van der Waals surface area contributed by atoms with Crippen LogP contribution in [0.4, 0.5) is 26.3 Å². The molecule has 0 spiro atoms. The second-order valence-electron chi connectivity index (χ2n) is 5.55. The Morgan fingerprint density at radius 2 is 1.07 bits per heavy atom. The molecule has 0 atom stereocenters. The summed E-state index contributed by atoms with van der Waals surface area (Å²) in [6.07, 6.45) is -11.3. The first kappa shape index (κ1) is 20.9. The summed E-state index contributed by atoms with van der Waals surface area (Å²) in [5.74, 6) is 0.217. The van der Waals surface area contributed by atoms with E-state index in [9.17, 15) is 26.3 Å². The van der Waals surface area contributed by atoms with E-state index in [1.807, 2.05) is 0 Å². The molecule has 0 aromatic heterocycles. The summed E-state index contributed by atoms with van der Waals surface area (Å²) in [6, 6.07) is 7.18. The molecule has 0 saturated carbocycles. The van der Waals surface area contributed by atoms with Crippen molar-refractivity contribution in [2.75, 3.05) is 21.0 Å². The van der Waals surface area contributed by atoms with E-state index in [0.717, 1.165) is 48.5 Å². The lowest BCUT2D eigenvalue weighted by atomic mass is 9.73. The van der Waals surface area contributed by atoms with Gasteiger partial charge in [-0.1, -0.05) is 24.3 Å². The van der Waals surface area contributed by atoms with Crippen molar-refractivity contribution >= 4 is 0 Å². The van der Waals surface area contributed by atoms with Crippen LogP contribution in [0.1, 0.15) is 11.1 Å². The molecule has 2 rings (SSSR count). The molecule has 0 radical (unpaired) electrons. The van der Waals surface area contributed by atoms with Crippen LogP contribution in [0.25, 0.3) is 0 Å². The van der Waals surface area contributed by atoms with Crippen LogP contribution in [-0.2, 0) is 10.2 Å². The number of alkyl halides is 6. The molecular formula is C18H16F6O3. The van der Waals surface area contributed by atoms with Gasteiger partial charge >= 0.3 is 12.4 Å². The number of benzene rings is 2. The molecule has 0 aliphatic rings. The highest BCUT2D eigenvalue weighted by Gasteiger charge is 2.72. The van der Waals surface area contributed by atoms with E-state index in [1.54, 1.807) is 0 Å². The molecule has 0 N–H and O–H groups in total. The summed E-state index contributed by atoms with van der Waals surface area (Å²) in [5, 5.41) is 0. The fraction of sp³-hybridized carbons (Fsp3) is 0.333. The van der Waals surface area contributed by atoms with Crippen LogP contribution in [0.3, 0.4) is 0 Å². The minimum absolute atomic E-state index is 0.0774. The van der Waals surface area contributed by atoms with Crippen molar-refractivity contribution in [3.05, 3.63) is 59.7 Å². The molecule has 0 amide bonds. The maximum absolute atomic E-state index is 13.9. The summed E-state index contributed by atoms with van der Waals surface area (Å²) >= 11 is 0. The number of ether oxygens (including phenoxy) is 3. The molecule has 3 nitrogen and oxygen atoms in total. The Labute approximate surface area is 151 Å². The van der Waals surface area contributed by atoms with Gasteiger partial charge in [-0.05, 0) is 35.4 Å². The van der Waals surface area contributed by atoms with Crippen molar-refractivity contribution < 1.29 is 40.6 Å². The lowest BCUT2D eigenvalue weighted by Crippen LogP contribution is -2.54. The second-order valence-corrected chi connectivity index (χ2v) is 5.55. The lowest BCUT2D eigenvalue weighted by Gasteiger charge is -2.38. The van der Waals surface area contributed by atoms with Crippen LogP contribution < -0.4 is 9.47 Å². The van der Waals surface area contributed by atoms with Gasteiger partial charge in [0.2, 0.25) is 5.41 Å². The van der Waals surface area contributed by atoms with Crippen molar-refractivity contribution in [2.24, 2.45) is 0 Å². The van der Waals surface area contributed by atoms with E-state index >= 15 is 0 Å². The van der Waals surface area contributed by atoms with Crippen LogP contribution in [0, 0.1) is 0 Å². The monoisotopic (exact) mass is 394 g/mol. The zero-order valence-electron chi connectivity index (χ0n) is 14.3. The van der Waals surface area contributed by atoms with E-state index in [4.69, 9.17) is 9.47 Å². The zero-order valence-corrected chi connectivity index (χ0v) is 14.3. The molecule has 0 aliphatic carbocycles. The molecule has 0 saturated heterocycles. The molecular weight excluding hydrogens is 378 g/mol. The normalized spacial score (nSPS) is 12.7. The largest absolute Gasteiger partial charge is 0.497 e. The van der Waals surface area contributed by atoms with Crippen LogP contribution in [0.5, 0.6) is 11.5 Å². The quantitative estimate of drug-likeness (QED) is 0.505. The third-order valence-electron chi connectivity index (χ3n) is 4.00. The van der Waals surface area contributed by atoms with E-state index in [0.29, 0.717) is 0 Å². The molecule has 0 unspecified atom stereocenters. The number of rotatable bonds is 6. The van der Waals surface area contributed by atoms with Gasteiger partial charge in [0.15, 0.2) is 6.79 Å².